The van der Waals surface area contributed by atoms with Crippen LogP contribution >= 0.6 is 0 Å². The summed E-state index contributed by atoms with van der Waals surface area (Å²) in [6.07, 6.45) is 5.30. The molecule has 2 aliphatic rings. The molecule has 0 unspecified atom stereocenters. The molecular weight excluding hydrogens is 456 g/mol. The minimum absolute atomic E-state index is 0.120. The van der Waals surface area contributed by atoms with Crippen molar-refractivity contribution in [2.75, 3.05) is 19.7 Å². The molecule has 4 aromatic rings. The number of hydrogen-bond acceptors (Lipinski definition) is 7. The van der Waals surface area contributed by atoms with Crippen LogP contribution in [0.15, 0.2) is 22.9 Å². The number of rotatable bonds is 6. The monoisotopic (exact) mass is 483 g/mol. The number of ether oxygens (including phenoxy) is 2. The molecular formula is C25H27F2N5O3. The topological polar surface area (TPSA) is 78.4 Å². The molecule has 0 aliphatic carbocycles. The van der Waals surface area contributed by atoms with E-state index in [9.17, 15) is 8.78 Å². The number of halogens is 2. The second-order valence-electron chi connectivity index (χ2n) is 9.39. The maximum absolute atomic E-state index is 12.9. The molecule has 1 fully saturated rings. The summed E-state index contributed by atoms with van der Waals surface area (Å²) in [6.45, 7) is 3.82. The van der Waals surface area contributed by atoms with E-state index < -0.39 is 6.61 Å². The lowest BCUT2D eigenvalue weighted by atomic mass is 9.98. The Morgan fingerprint density at radius 3 is 2.77 bits per heavy atom. The summed E-state index contributed by atoms with van der Waals surface area (Å²) in [4.78, 5) is 12.0. The number of pyridine rings is 1. The second-order valence-corrected chi connectivity index (χ2v) is 9.39. The van der Waals surface area contributed by atoms with Gasteiger partial charge in [0.15, 0.2) is 5.76 Å². The Morgan fingerprint density at radius 2 is 1.97 bits per heavy atom. The van der Waals surface area contributed by atoms with Gasteiger partial charge < -0.3 is 18.6 Å². The van der Waals surface area contributed by atoms with E-state index in [1.54, 1.807) is 6.20 Å². The lowest BCUT2D eigenvalue weighted by molar-refractivity contribution is -0.135. The van der Waals surface area contributed by atoms with E-state index in [1.807, 2.05) is 30.5 Å². The van der Waals surface area contributed by atoms with Gasteiger partial charge in [-0.25, -0.2) is 4.98 Å². The third-order valence-corrected chi connectivity index (χ3v) is 6.97. The minimum atomic E-state index is -2.82. The first kappa shape index (κ1) is 22.4. The van der Waals surface area contributed by atoms with Gasteiger partial charge >= 0.3 is 6.61 Å². The average Bonchev–Trinajstić information content (AvgIpc) is 3.42. The fourth-order valence-corrected chi connectivity index (χ4v) is 5.36. The zero-order valence-corrected chi connectivity index (χ0v) is 19.8. The molecule has 0 saturated carbocycles. The van der Waals surface area contributed by atoms with E-state index in [0.29, 0.717) is 24.7 Å². The van der Waals surface area contributed by atoms with Gasteiger partial charge in [0.25, 0.3) is 0 Å². The third-order valence-electron chi connectivity index (χ3n) is 6.97. The summed E-state index contributed by atoms with van der Waals surface area (Å²) in [5.74, 6) is 2.24. The fraction of sp³-hybridized carbons (Fsp3) is 0.480. The van der Waals surface area contributed by atoms with Gasteiger partial charge in [0.1, 0.15) is 23.7 Å². The molecule has 0 amide bonds. The van der Waals surface area contributed by atoms with E-state index in [1.165, 1.54) is 6.42 Å². The molecule has 8 nitrogen and oxygen atoms in total. The maximum Gasteiger partial charge on any atom is 0.345 e. The summed E-state index contributed by atoms with van der Waals surface area (Å²) in [7, 11) is 0. The first-order valence-electron chi connectivity index (χ1n) is 12.0. The van der Waals surface area contributed by atoms with E-state index in [4.69, 9.17) is 24.0 Å². The minimum Gasteiger partial charge on any atom is -0.485 e. The first-order valence-corrected chi connectivity index (χ1v) is 12.0. The van der Waals surface area contributed by atoms with E-state index in [-0.39, 0.29) is 12.6 Å². The zero-order chi connectivity index (χ0) is 24.1. The summed E-state index contributed by atoms with van der Waals surface area (Å²) < 4.78 is 44.0. The molecule has 35 heavy (non-hydrogen) atoms. The van der Waals surface area contributed by atoms with Crippen LogP contribution < -0.4 is 4.74 Å². The summed E-state index contributed by atoms with van der Waals surface area (Å²) >= 11 is 0. The molecule has 5 heterocycles. The summed E-state index contributed by atoms with van der Waals surface area (Å²) in [6, 6.07) is 3.61. The smallest absolute Gasteiger partial charge is 0.345 e. The van der Waals surface area contributed by atoms with Crippen molar-refractivity contribution >= 4 is 21.9 Å². The van der Waals surface area contributed by atoms with Crippen molar-refractivity contribution in [2.24, 2.45) is 0 Å². The number of piperidine rings is 1. The predicted octanol–water partition coefficient (Wildman–Crippen LogP) is 5.23. The van der Waals surface area contributed by atoms with Crippen LogP contribution in [0.25, 0.3) is 33.1 Å². The van der Waals surface area contributed by atoms with Crippen molar-refractivity contribution in [3.05, 3.63) is 35.6 Å². The highest BCUT2D eigenvalue weighted by atomic mass is 19.3. The van der Waals surface area contributed by atoms with Crippen molar-refractivity contribution in [1.29, 1.82) is 0 Å². The van der Waals surface area contributed by atoms with E-state index in [2.05, 4.69) is 10.1 Å². The Bertz CT molecular complexity index is 1390. The third kappa shape index (κ3) is 3.94. The van der Waals surface area contributed by atoms with Gasteiger partial charge in [-0.3, -0.25) is 9.88 Å². The highest BCUT2D eigenvalue weighted by molar-refractivity contribution is 6.05. The van der Waals surface area contributed by atoms with Crippen LogP contribution in [-0.2, 0) is 17.9 Å². The number of nitrogens with zero attached hydrogens (tertiary/aromatic N) is 5. The number of aryl methyl sites for hydroxylation is 1. The van der Waals surface area contributed by atoms with Crippen LogP contribution in [0.3, 0.4) is 0 Å². The Kier molecular flexibility index (Phi) is 5.64. The maximum atomic E-state index is 12.9. The molecule has 1 atom stereocenters. The van der Waals surface area contributed by atoms with Gasteiger partial charge in [-0.2, -0.15) is 8.78 Å². The molecule has 6 rings (SSSR count). The van der Waals surface area contributed by atoms with Crippen molar-refractivity contribution in [3.8, 4) is 16.9 Å². The van der Waals surface area contributed by atoms with Crippen LogP contribution in [-0.4, -0.2) is 50.9 Å². The normalized spacial score (nSPS) is 17.1. The highest BCUT2D eigenvalue weighted by Crippen LogP contribution is 2.43. The van der Waals surface area contributed by atoms with Crippen LogP contribution in [0.1, 0.15) is 49.5 Å². The molecule has 0 radical (unpaired) electrons. The van der Waals surface area contributed by atoms with Crippen molar-refractivity contribution in [2.45, 2.75) is 58.9 Å². The molecule has 3 aromatic heterocycles. The Morgan fingerprint density at radius 1 is 1.14 bits per heavy atom. The SMILES string of the molecule is Cc1noc2c1-c1cc3ncc4nc(CN5CCCCC5)n([C@H](C)COC(F)F)c4c3cc1OC2. The number of likely N-dealkylation sites (tertiary alicyclic amines) is 1. The van der Waals surface area contributed by atoms with Gasteiger partial charge in [-0.05, 0) is 51.9 Å². The molecule has 0 N–H and O–H groups in total. The van der Waals surface area contributed by atoms with Crippen molar-refractivity contribution in [3.63, 3.8) is 0 Å². The quantitative estimate of drug-likeness (QED) is 0.372. The average molecular weight is 484 g/mol. The summed E-state index contributed by atoms with van der Waals surface area (Å²) in [5, 5.41) is 4.95. The van der Waals surface area contributed by atoms with Crippen LogP contribution in [0, 0.1) is 6.92 Å². The lowest BCUT2D eigenvalue weighted by Crippen LogP contribution is -2.31. The van der Waals surface area contributed by atoms with Gasteiger partial charge in [0.05, 0.1) is 47.7 Å². The zero-order valence-electron chi connectivity index (χ0n) is 19.8. The van der Waals surface area contributed by atoms with Crippen LogP contribution in [0.4, 0.5) is 8.78 Å². The lowest BCUT2D eigenvalue weighted by Gasteiger charge is -2.27. The molecule has 0 spiro atoms. The van der Waals surface area contributed by atoms with Crippen molar-refractivity contribution in [1.82, 2.24) is 24.6 Å². The number of alkyl halides is 2. The van der Waals surface area contributed by atoms with Crippen LogP contribution in [0.2, 0.25) is 0 Å². The van der Waals surface area contributed by atoms with Gasteiger partial charge in [-0.1, -0.05) is 11.6 Å². The Balaban J connectivity index is 1.51. The second kappa shape index (κ2) is 8.83. The number of benzene rings is 1. The van der Waals surface area contributed by atoms with Crippen molar-refractivity contribution < 1.29 is 22.8 Å². The molecule has 184 valence electrons. The van der Waals surface area contributed by atoms with Gasteiger partial charge in [-0.15, -0.1) is 0 Å². The fourth-order valence-electron chi connectivity index (χ4n) is 5.36. The van der Waals surface area contributed by atoms with E-state index in [0.717, 1.165) is 70.5 Å². The predicted molar refractivity (Wildman–Crippen MR) is 125 cm³/mol. The number of hydrogen-bond donors (Lipinski definition) is 0. The van der Waals surface area contributed by atoms with Gasteiger partial charge in [0.2, 0.25) is 0 Å². The molecule has 1 saturated heterocycles. The Hall–Kier alpha value is -3.11. The molecule has 0 bridgehead atoms. The molecule has 1 aromatic carbocycles. The van der Waals surface area contributed by atoms with Crippen LogP contribution in [0.5, 0.6) is 5.75 Å². The van der Waals surface area contributed by atoms with E-state index >= 15 is 0 Å². The Labute approximate surface area is 200 Å². The highest BCUT2D eigenvalue weighted by Gasteiger charge is 2.27. The van der Waals surface area contributed by atoms with Gasteiger partial charge in [0, 0.05) is 10.9 Å². The summed E-state index contributed by atoms with van der Waals surface area (Å²) in [5.41, 5.74) is 4.97. The standard InChI is InChI=1S/C25H27F2N5O3/c1-14(12-34-25(26)27)32-22(11-31-6-4-3-5-7-31)29-19-10-28-18-8-17-20(9-16(18)24(19)32)33-13-21-23(17)15(2)30-35-21/h8-10,14,25H,3-7,11-13H2,1-2H3/t14-/m1/s1. The molecule has 10 heteroatoms. The number of aromatic nitrogens is 4. The number of imidazole rings is 1. The largest absolute Gasteiger partial charge is 0.485 e. The first-order chi connectivity index (χ1) is 17.0. The number of fused-ring (bicyclic) bond motifs is 6. The molecule has 2 aliphatic heterocycles.